The van der Waals surface area contributed by atoms with Gasteiger partial charge in [0.25, 0.3) is 0 Å². The van der Waals surface area contributed by atoms with Crippen molar-refractivity contribution < 1.29 is 0 Å². The van der Waals surface area contributed by atoms with Crippen molar-refractivity contribution in [3.63, 3.8) is 0 Å². The molecule has 0 saturated heterocycles. The molecule has 0 amide bonds. The molecule has 0 aliphatic heterocycles. The van der Waals surface area contributed by atoms with Gasteiger partial charge < -0.3 is 9.47 Å². The van der Waals surface area contributed by atoms with Crippen molar-refractivity contribution in [3.8, 4) is 27.9 Å². The summed E-state index contributed by atoms with van der Waals surface area (Å²) in [6, 6.07) is 74.6. The van der Waals surface area contributed by atoms with Gasteiger partial charge in [-0.3, -0.25) is 0 Å². The van der Waals surface area contributed by atoms with E-state index in [1.165, 1.54) is 71.3 Å². The van der Waals surface area contributed by atoms with Crippen molar-refractivity contribution in [2.24, 2.45) is 0 Å². The second-order valence-corrected chi connectivity index (χ2v) is 13.4. The van der Waals surface area contributed by atoms with Crippen molar-refractivity contribution in [2.45, 2.75) is 0 Å². The molecule has 0 unspecified atom stereocenters. The Kier molecular flexibility index (Phi) is 7.18. The van der Waals surface area contributed by atoms with Gasteiger partial charge in [-0.1, -0.05) is 146 Å². The average molecular weight is 663 g/mol. The van der Waals surface area contributed by atoms with Gasteiger partial charge in [0, 0.05) is 33.4 Å². The maximum atomic E-state index is 2.41. The van der Waals surface area contributed by atoms with Gasteiger partial charge in [-0.2, -0.15) is 0 Å². The fourth-order valence-electron chi connectivity index (χ4n) is 7.93. The van der Waals surface area contributed by atoms with Gasteiger partial charge in [0.1, 0.15) is 0 Å². The summed E-state index contributed by atoms with van der Waals surface area (Å²) in [6.45, 7) is 0. The molecule has 0 fully saturated rings. The van der Waals surface area contributed by atoms with Crippen LogP contribution >= 0.6 is 0 Å². The third-order valence-electron chi connectivity index (χ3n) is 10.4. The van der Waals surface area contributed by atoms with Crippen LogP contribution in [0.25, 0.3) is 71.3 Å². The van der Waals surface area contributed by atoms with Gasteiger partial charge in [-0.25, -0.2) is 0 Å². The number of rotatable bonds is 6. The summed E-state index contributed by atoms with van der Waals surface area (Å²) in [5, 5.41) is 7.57. The molecule has 1 heterocycles. The lowest BCUT2D eigenvalue weighted by Gasteiger charge is -2.26. The van der Waals surface area contributed by atoms with Gasteiger partial charge in [-0.05, 0) is 98.9 Å². The summed E-state index contributed by atoms with van der Waals surface area (Å²) in [5.41, 5.74) is 11.7. The summed E-state index contributed by atoms with van der Waals surface area (Å²) >= 11 is 0. The van der Waals surface area contributed by atoms with Crippen molar-refractivity contribution in [2.75, 3.05) is 4.90 Å². The van der Waals surface area contributed by atoms with E-state index in [0.29, 0.717) is 0 Å². The zero-order chi connectivity index (χ0) is 34.4. The topological polar surface area (TPSA) is 8.17 Å². The predicted molar refractivity (Wildman–Crippen MR) is 221 cm³/mol. The number of anilines is 3. The normalized spacial score (nSPS) is 11.5. The summed E-state index contributed by atoms with van der Waals surface area (Å²) in [5.74, 6) is 0. The van der Waals surface area contributed by atoms with Gasteiger partial charge in [0.15, 0.2) is 0 Å². The quantitative estimate of drug-likeness (QED) is 0.161. The third kappa shape index (κ3) is 5.04. The maximum absolute atomic E-state index is 2.41. The van der Waals surface area contributed by atoms with E-state index < -0.39 is 0 Å². The number of hydrogen-bond acceptors (Lipinski definition) is 1. The number of hydrogen-bond donors (Lipinski definition) is 0. The molecule has 1 aromatic heterocycles. The molecule has 0 N–H and O–H groups in total. The van der Waals surface area contributed by atoms with Crippen LogP contribution in [0.2, 0.25) is 0 Å². The molecule has 2 heteroatoms. The van der Waals surface area contributed by atoms with Crippen LogP contribution in [0.5, 0.6) is 0 Å². The smallest absolute Gasteiger partial charge is 0.0541 e. The van der Waals surface area contributed by atoms with E-state index in [2.05, 4.69) is 216 Å². The minimum Gasteiger partial charge on any atom is -0.310 e. The average Bonchev–Trinajstić information content (AvgIpc) is 3.56. The van der Waals surface area contributed by atoms with Crippen LogP contribution in [-0.4, -0.2) is 4.57 Å². The van der Waals surface area contributed by atoms with Crippen LogP contribution in [0, 0.1) is 0 Å². The summed E-state index contributed by atoms with van der Waals surface area (Å²) in [6.07, 6.45) is 0. The van der Waals surface area contributed by atoms with Crippen molar-refractivity contribution >= 4 is 60.4 Å². The Labute approximate surface area is 303 Å². The summed E-state index contributed by atoms with van der Waals surface area (Å²) in [7, 11) is 0. The number of fused-ring (bicyclic) bond motifs is 6. The van der Waals surface area contributed by atoms with Crippen LogP contribution in [0.15, 0.2) is 206 Å². The lowest BCUT2D eigenvalue weighted by molar-refractivity contribution is 1.18. The minimum absolute atomic E-state index is 1.11. The molecular formula is C50H34N2. The Hall–Kier alpha value is -6.90. The number of benzene rings is 9. The van der Waals surface area contributed by atoms with Gasteiger partial charge in [0.05, 0.1) is 16.7 Å². The fourth-order valence-corrected chi connectivity index (χ4v) is 7.93. The highest BCUT2D eigenvalue weighted by Gasteiger charge is 2.17. The first-order valence-electron chi connectivity index (χ1n) is 17.9. The van der Waals surface area contributed by atoms with Crippen LogP contribution in [-0.2, 0) is 0 Å². The predicted octanol–water partition coefficient (Wildman–Crippen LogP) is 13.9. The number of nitrogens with zero attached hydrogens (tertiary/aromatic N) is 2. The molecule has 0 radical (unpaired) electrons. The van der Waals surface area contributed by atoms with Gasteiger partial charge in [-0.15, -0.1) is 0 Å². The first-order chi connectivity index (χ1) is 25.8. The molecule has 2 nitrogen and oxygen atoms in total. The maximum Gasteiger partial charge on any atom is 0.0541 e. The molecule has 9 aromatic carbocycles. The van der Waals surface area contributed by atoms with E-state index in [1.54, 1.807) is 0 Å². The zero-order valence-electron chi connectivity index (χ0n) is 28.5. The molecule has 0 spiro atoms. The van der Waals surface area contributed by atoms with Gasteiger partial charge >= 0.3 is 0 Å². The fraction of sp³-hybridized carbons (Fsp3) is 0. The standard InChI is InChI=1S/C50H34N2/c1-2-16-40(17-3-1)51(42-31-32-44-39(34-42)26-25-36-13-4-5-18-43(36)44)41-29-27-35(28-30-41)37-14-12-15-38(33-37)45-19-6-9-22-48(45)52-49-23-10-7-20-46(49)47-21-8-11-24-50(47)52/h1-34H. The van der Waals surface area contributed by atoms with Crippen molar-refractivity contribution in [3.05, 3.63) is 206 Å². The second-order valence-electron chi connectivity index (χ2n) is 13.4. The van der Waals surface area contributed by atoms with Crippen LogP contribution in [0.3, 0.4) is 0 Å². The number of aromatic nitrogens is 1. The highest BCUT2D eigenvalue weighted by atomic mass is 15.1. The third-order valence-corrected chi connectivity index (χ3v) is 10.4. The summed E-state index contributed by atoms with van der Waals surface area (Å²) < 4.78 is 2.41. The van der Waals surface area contributed by atoms with E-state index >= 15 is 0 Å². The van der Waals surface area contributed by atoms with Crippen molar-refractivity contribution in [1.29, 1.82) is 0 Å². The molecule has 10 rings (SSSR count). The lowest BCUT2D eigenvalue weighted by Crippen LogP contribution is -2.09. The molecule has 0 aliphatic carbocycles. The lowest BCUT2D eigenvalue weighted by atomic mass is 9.97. The molecule has 0 bridgehead atoms. The highest BCUT2D eigenvalue weighted by molar-refractivity contribution is 6.10. The van der Waals surface area contributed by atoms with E-state index in [0.717, 1.165) is 17.1 Å². The minimum atomic E-state index is 1.11. The van der Waals surface area contributed by atoms with E-state index in [9.17, 15) is 0 Å². The largest absolute Gasteiger partial charge is 0.310 e. The Morgan fingerprint density at radius 3 is 1.67 bits per heavy atom. The summed E-state index contributed by atoms with van der Waals surface area (Å²) in [4.78, 5) is 2.34. The molecule has 52 heavy (non-hydrogen) atoms. The molecule has 10 aromatic rings. The highest BCUT2D eigenvalue weighted by Crippen LogP contribution is 2.40. The molecule has 0 aliphatic rings. The van der Waals surface area contributed by atoms with Crippen LogP contribution in [0.1, 0.15) is 0 Å². The van der Waals surface area contributed by atoms with Gasteiger partial charge in [0.2, 0.25) is 0 Å². The van der Waals surface area contributed by atoms with Crippen molar-refractivity contribution in [1.82, 2.24) is 4.57 Å². The van der Waals surface area contributed by atoms with Crippen LogP contribution < -0.4 is 4.90 Å². The Balaban J connectivity index is 1.04. The van der Waals surface area contributed by atoms with E-state index in [1.807, 2.05) is 0 Å². The first kappa shape index (κ1) is 30.0. The van der Waals surface area contributed by atoms with E-state index in [4.69, 9.17) is 0 Å². The zero-order valence-corrected chi connectivity index (χ0v) is 28.5. The molecular weight excluding hydrogens is 629 g/mol. The molecule has 244 valence electrons. The second kappa shape index (κ2) is 12.5. The first-order valence-corrected chi connectivity index (χ1v) is 17.9. The Morgan fingerprint density at radius 1 is 0.308 bits per heavy atom. The Bertz CT molecular complexity index is 2850. The molecule has 0 atom stereocenters. The Morgan fingerprint density at radius 2 is 0.885 bits per heavy atom. The number of para-hydroxylation sites is 4. The van der Waals surface area contributed by atoms with E-state index in [-0.39, 0.29) is 0 Å². The monoisotopic (exact) mass is 662 g/mol. The molecule has 0 saturated carbocycles. The SMILES string of the molecule is c1ccc(N(c2ccc(-c3cccc(-c4ccccc4-n4c5ccccc5c5ccccc54)c3)cc2)c2ccc3c(ccc4ccccc43)c2)cc1. The van der Waals surface area contributed by atoms with Crippen LogP contribution in [0.4, 0.5) is 17.1 Å².